The second-order valence-electron chi connectivity index (χ2n) is 5.52. The molecule has 0 fully saturated rings. The first-order chi connectivity index (χ1) is 11.9. The van der Waals surface area contributed by atoms with Gasteiger partial charge in [-0.1, -0.05) is 24.3 Å². The first-order valence-electron chi connectivity index (χ1n) is 7.58. The lowest BCUT2D eigenvalue weighted by Crippen LogP contribution is -2.29. The number of hydrogen-bond donors (Lipinski definition) is 0. The Kier molecular flexibility index (Phi) is 4.50. The van der Waals surface area contributed by atoms with E-state index < -0.39 is 22.1 Å². The molecule has 0 aliphatic heterocycles. The molecule has 0 amide bonds. The predicted molar refractivity (Wildman–Crippen MR) is 91.5 cm³/mol. The lowest BCUT2D eigenvalue weighted by molar-refractivity contribution is -0.143. The van der Waals surface area contributed by atoms with Crippen molar-refractivity contribution in [3.8, 4) is 0 Å². The van der Waals surface area contributed by atoms with Gasteiger partial charge in [0.1, 0.15) is 6.10 Å². The van der Waals surface area contributed by atoms with Crippen molar-refractivity contribution >= 4 is 27.5 Å². The SMILES string of the molecule is CC(=O)OC1C=CCC2=C1C(=O)C=C/C2=N/S(=O)(=O)c1ccccc1. The van der Waals surface area contributed by atoms with Gasteiger partial charge in [0.05, 0.1) is 10.6 Å². The minimum atomic E-state index is -3.91. The van der Waals surface area contributed by atoms with Gasteiger partial charge < -0.3 is 4.74 Å². The molecular formula is C18H15NO5S. The van der Waals surface area contributed by atoms with Gasteiger partial charge in [-0.25, -0.2) is 0 Å². The lowest BCUT2D eigenvalue weighted by Gasteiger charge is -2.25. The second-order valence-corrected chi connectivity index (χ2v) is 7.12. The third-order valence-electron chi connectivity index (χ3n) is 3.76. The topological polar surface area (TPSA) is 89.9 Å². The molecule has 0 N–H and O–H groups in total. The van der Waals surface area contributed by atoms with E-state index in [0.717, 1.165) is 0 Å². The summed E-state index contributed by atoms with van der Waals surface area (Å²) in [4.78, 5) is 23.5. The molecule has 0 spiro atoms. The summed E-state index contributed by atoms with van der Waals surface area (Å²) in [5, 5.41) is 0. The van der Waals surface area contributed by atoms with Crippen LogP contribution in [-0.4, -0.2) is 32.0 Å². The maximum atomic E-state index is 12.5. The van der Waals surface area contributed by atoms with Crippen molar-refractivity contribution in [1.82, 2.24) is 0 Å². The van der Waals surface area contributed by atoms with Crippen LogP contribution in [0.15, 0.2) is 75.1 Å². The number of nitrogens with zero attached hydrogens (tertiary/aromatic N) is 1. The molecule has 7 heteroatoms. The van der Waals surface area contributed by atoms with Gasteiger partial charge in [0, 0.05) is 12.5 Å². The van der Waals surface area contributed by atoms with Crippen molar-refractivity contribution in [2.24, 2.45) is 4.40 Å². The van der Waals surface area contributed by atoms with Gasteiger partial charge in [-0.15, -0.1) is 0 Å². The van der Waals surface area contributed by atoms with Crippen LogP contribution in [-0.2, 0) is 24.3 Å². The number of sulfonamides is 1. The third kappa shape index (κ3) is 3.51. The zero-order valence-corrected chi connectivity index (χ0v) is 14.2. The van der Waals surface area contributed by atoms with E-state index in [1.54, 1.807) is 30.4 Å². The van der Waals surface area contributed by atoms with Crippen LogP contribution in [0.3, 0.4) is 0 Å². The van der Waals surface area contributed by atoms with Gasteiger partial charge >= 0.3 is 5.97 Å². The second kappa shape index (κ2) is 6.60. The fourth-order valence-corrected chi connectivity index (χ4v) is 3.74. The molecule has 25 heavy (non-hydrogen) atoms. The monoisotopic (exact) mass is 357 g/mol. The fraction of sp³-hybridized carbons (Fsp3) is 0.167. The van der Waals surface area contributed by atoms with Gasteiger partial charge in [-0.3, -0.25) is 9.59 Å². The average Bonchev–Trinajstić information content (AvgIpc) is 2.58. The Morgan fingerprint density at radius 2 is 1.92 bits per heavy atom. The number of carbonyl (C=O) groups excluding carboxylic acids is 2. The van der Waals surface area contributed by atoms with Gasteiger partial charge in [0.15, 0.2) is 5.78 Å². The summed E-state index contributed by atoms with van der Waals surface area (Å²) < 4.78 is 34.0. The number of esters is 1. The molecule has 1 unspecified atom stereocenters. The van der Waals surface area contributed by atoms with E-state index >= 15 is 0 Å². The molecular weight excluding hydrogens is 342 g/mol. The van der Waals surface area contributed by atoms with Crippen LogP contribution in [0.4, 0.5) is 0 Å². The molecule has 0 saturated heterocycles. The minimum Gasteiger partial charge on any atom is -0.453 e. The molecule has 128 valence electrons. The van der Waals surface area contributed by atoms with Crippen molar-refractivity contribution in [1.29, 1.82) is 0 Å². The zero-order valence-electron chi connectivity index (χ0n) is 13.4. The number of ketones is 1. The van der Waals surface area contributed by atoms with Crippen LogP contribution >= 0.6 is 0 Å². The highest BCUT2D eigenvalue weighted by molar-refractivity contribution is 7.90. The van der Waals surface area contributed by atoms with Crippen molar-refractivity contribution in [3.63, 3.8) is 0 Å². The molecule has 0 heterocycles. The van der Waals surface area contributed by atoms with Crippen LogP contribution in [0.5, 0.6) is 0 Å². The standard InChI is InChI=1S/C18H15NO5S/c1-12(20)24-17-9-5-8-14-15(10-11-16(21)18(14)17)19-25(22,23)13-6-3-2-4-7-13/h2-7,9-11,17H,8H2,1H3/b19-15-. The molecule has 1 atom stereocenters. The van der Waals surface area contributed by atoms with Crippen LogP contribution in [0.1, 0.15) is 13.3 Å². The van der Waals surface area contributed by atoms with Crippen LogP contribution in [0.25, 0.3) is 0 Å². The molecule has 1 aromatic carbocycles. The Hall–Kier alpha value is -2.80. The Balaban J connectivity index is 2.06. The minimum absolute atomic E-state index is 0.0674. The number of carbonyl (C=O) groups is 2. The summed E-state index contributed by atoms with van der Waals surface area (Å²) in [6, 6.07) is 7.83. The quantitative estimate of drug-likeness (QED) is 0.470. The summed E-state index contributed by atoms with van der Waals surface area (Å²) in [6.07, 6.45) is 5.47. The number of benzene rings is 1. The van der Waals surface area contributed by atoms with E-state index in [9.17, 15) is 18.0 Å². The van der Waals surface area contributed by atoms with Crippen molar-refractivity contribution in [2.75, 3.05) is 0 Å². The fourth-order valence-electron chi connectivity index (χ4n) is 2.70. The summed E-state index contributed by atoms with van der Waals surface area (Å²) in [5.74, 6) is -0.845. The van der Waals surface area contributed by atoms with Gasteiger partial charge in [-0.05, 0) is 42.4 Å². The highest BCUT2D eigenvalue weighted by atomic mass is 32.2. The van der Waals surface area contributed by atoms with E-state index in [4.69, 9.17) is 4.74 Å². The maximum Gasteiger partial charge on any atom is 0.303 e. The summed E-state index contributed by atoms with van der Waals surface area (Å²) in [6.45, 7) is 1.25. The van der Waals surface area contributed by atoms with E-state index in [1.165, 1.54) is 31.2 Å². The Bertz CT molecular complexity index is 952. The molecule has 6 nitrogen and oxygen atoms in total. The van der Waals surface area contributed by atoms with Gasteiger partial charge in [0.25, 0.3) is 10.0 Å². The third-order valence-corrected chi connectivity index (χ3v) is 5.07. The number of hydrogen-bond acceptors (Lipinski definition) is 5. The van der Waals surface area contributed by atoms with Crippen LogP contribution in [0, 0.1) is 0 Å². The van der Waals surface area contributed by atoms with Crippen molar-refractivity contribution in [3.05, 3.63) is 65.8 Å². The molecule has 3 rings (SSSR count). The molecule has 2 aliphatic rings. The summed E-state index contributed by atoms with van der Waals surface area (Å²) in [7, 11) is -3.91. The van der Waals surface area contributed by atoms with E-state index in [1.807, 2.05) is 0 Å². The first kappa shape index (κ1) is 17.0. The number of rotatable bonds is 3. The molecule has 1 aromatic rings. The van der Waals surface area contributed by atoms with Gasteiger partial charge in [0.2, 0.25) is 0 Å². The molecule has 0 aromatic heterocycles. The molecule has 0 saturated carbocycles. The Labute approximate surface area is 145 Å². The van der Waals surface area contributed by atoms with E-state index in [-0.39, 0.29) is 22.0 Å². The van der Waals surface area contributed by atoms with Crippen molar-refractivity contribution in [2.45, 2.75) is 24.3 Å². The van der Waals surface area contributed by atoms with E-state index in [0.29, 0.717) is 12.0 Å². The first-order valence-corrected chi connectivity index (χ1v) is 9.02. The highest BCUT2D eigenvalue weighted by Crippen LogP contribution is 2.29. The normalized spacial score (nSPS) is 21.4. The number of ether oxygens (including phenoxy) is 1. The smallest absolute Gasteiger partial charge is 0.303 e. The summed E-state index contributed by atoms with van der Waals surface area (Å²) >= 11 is 0. The van der Waals surface area contributed by atoms with Crippen LogP contribution < -0.4 is 0 Å². The molecule has 0 radical (unpaired) electrons. The molecule has 2 aliphatic carbocycles. The van der Waals surface area contributed by atoms with Gasteiger partial charge in [-0.2, -0.15) is 12.8 Å². The average molecular weight is 357 g/mol. The van der Waals surface area contributed by atoms with Crippen LogP contribution in [0.2, 0.25) is 0 Å². The molecule has 0 bridgehead atoms. The highest BCUT2D eigenvalue weighted by Gasteiger charge is 2.31. The van der Waals surface area contributed by atoms with Crippen molar-refractivity contribution < 1.29 is 22.7 Å². The Morgan fingerprint density at radius 3 is 2.60 bits per heavy atom. The Morgan fingerprint density at radius 1 is 1.20 bits per heavy atom. The predicted octanol–water partition coefficient (Wildman–Crippen LogP) is 2.14. The maximum absolute atomic E-state index is 12.5. The lowest BCUT2D eigenvalue weighted by atomic mass is 9.85. The van der Waals surface area contributed by atoms with E-state index in [2.05, 4.69) is 4.40 Å². The zero-order chi connectivity index (χ0) is 18.0. The number of allylic oxidation sites excluding steroid dienone is 4. The summed E-state index contributed by atoms with van der Waals surface area (Å²) in [5.41, 5.74) is 0.892. The largest absolute Gasteiger partial charge is 0.453 e.